The van der Waals surface area contributed by atoms with Crippen molar-refractivity contribution in [1.82, 2.24) is 4.72 Å². The molecule has 0 aromatic heterocycles. The molecule has 1 aliphatic carbocycles. The van der Waals surface area contributed by atoms with Crippen molar-refractivity contribution in [3.8, 4) is 0 Å². The summed E-state index contributed by atoms with van der Waals surface area (Å²) in [6.07, 6.45) is 5.27. The summed E-state index contributed by atoms with van der Waals surface area (Å²) in [4.78, 5) is 10.8. The summed E-state index contributed by atoms with van der Waals surface area (Å²) in [6, 6.07) is 3.34. The second kappa shape index (κ2) is 5.32. The van der Waals surface area contributed by atoms with Crippen molar-refractivity contribution in [1.29, 1.82) is 0 Å². The van der Waals surface area contributed by atoms with Crippen molar-refractivity contribution in [3.05, 3.63) is 40.9 Å². The van der Waals surface area contributed by atoms with Crippen LogP contribution >= 0.6 is 11.6 Å². The standard InChI is InChI=1S/C12H12ClNO4S/c13-11-7-9(5-6-10(11)12(15)16)19(17,18)14-8-3-1-2-4-8/h1,3,5-8,14H,2,4H2,(H,15,16). The van der Waals surface area contributed by atoms with E-state index < -0.39 is 16.0 Å². The molecule has 2 rings (SSSR count). The Morgan fingerprint density at radius 3 is 2.68 bits per heavy atom. The molecule has 1 aromatic carbocycles. The van der Waals surface area contributed by atoms with E-state index in [9.17, 15) is 13.2 Å². The van der Waals surface area contributed by atoms with Crippen molar-refractivity contribution < 1.29 is 18.3 Å². The van der Waals surface area contributed by atoms with Gasteiger partial charge < -0.3 is 5.11 Å². The van der Waals surface area contributed by atoms with Gasteiger partial charge in [0, 0.05) is 6.04 Å². The molecule has 1 aliphatic rings. The maximum absolute atomic E-state index is 12.1. The van der Waals surface area contributed by atoms with Crippen LogP contribution in [0.3, 0.4) is 0 Å². The molecular weight excluding hydrogens is 290 g/mol. The van der Waals surface area contributed by atoms with Crippen LogP contribution in [0.4, 0.5) is 0 Å². The van der Waals surface area contributed by atoms with Crippen molar-refractivity contribution in [2.45, 2.75) is 23.8 Å². The van der Waals surface area contributed by atoms with Gasteiger partial charge in [-0.05, 0) is 31.0 Å². The average molecular weight is 302 g/mol. The minimum absolute atomic E-state index is 0.0391. The molecule has 2 N–H and O–H groups in total. The number of allylic oxidation sites excluding steroid dienone is 1. The fourth-order valence-electron chi connectivity index (χ4n) is 1.83. The molecule has 0 saturated carbocycles. The van der Waals surface area contributed by atoms with Crippen LogP contribution in [0.5, 0.6) is 0 Å². The lowest BCUT2D eigenvalue weighted by Crippen LogP contribution is -2.32. The molecule has 0 bridgehead atoms. The van der Waals surface area contributed by atoms with Gasteiger partial charge in [-0.3, -0.25) is 0 Å². The number of halogens is 1. The average Bonchev–Trinajstić information content (AvgIpc) is 2.80. The molecule has 102 valence electrons. The molecule has 5 nitrogen and oxygen atoms in total. The second-order valence-electron chi connectivity index (χ2n) is 4.18. The fraction of sp³-hybridized carbons (Fsp3) is 0.250. The zero-order valence-corrected chi connectivity index (χ0v) is 11.4. The Hall–Kier alpha value is -1.37. The highest BCUT2D eigenvalue weighted by Crippen LogP contribution is 2.22. The van der Waals surface area contributed by atoms with Crippen LogP contribution in [0.25, 0.3) is 0 Å². The van der Waals surface area contributed by atoms with Crippen LogP contribution in [0.15, 0.2) is 35.2 Å². The molecule has 1 aromatic rings. The highest BCUT2D eigenvalue weighted by Gasteiger charge is 2.21. The van der Waals surface area contributed by atoms with E-state index in [4.69, 9.17) is 16.7 Å². The van der Waals surface area contributed by atoms with Crippen molar-refractivity contribution in [2.24, 2.45) is 0 Å². The van der Waals surface area contributed by atoms with Crippen molar-refractivity contribution in [3.63, 3.8) is 0 Å². The van der Waals surface area contributed by atoms with Gasteiger partial charge in [-0.1, -0.05) is 23.8 Å². The van der Waals surface area contributed by atoms with Gasteiger partial charge in [0.15, 0.2) is 0 Å². The maximum Gasteiger partial charge on any atom is 0.337 e. The molecule has 0 spiro atoms. The molecule has 1 atom stereocenters. The first-order valence-corrected chi connectivity index (χ1v) is 7.48. The summed E-state index contributed by atoms with van der Waals surface area (Å²) in [6.45, 7) is 0. The van der Waals surface area contributed by atoms with Gasteiger partial charge in [0.05, 0.1) is 15.5 Å². The number of sulfonamides is 1. The van der Waals surface area contributed by atoms with Crippen LogP contribution in [0.2, 0.25) is 5.02 Å². The number of carbonyl (C=O) groups is 1. The van der Waals surface area contributed by atoms with Crippen LogP contribution in [0, 0.1) is 0 Å². The molecule has 0 fully saturated rings. The molecule has 0 heterocycles. The van der Waals surface area contributed by atoms with E-state index >= 15 is 0 Å². The second-order valence-corrected chi connectivity index (χ2v) is 6.30. The smallest absolute Gasteiger partial charge is 0.337 e. The van der Waals surface area contributed by atoms with Gasteiger partial charge in [-0.25, -0.2) is 17.9 Å². The lowest BCUT2D eigenvalue weighted by atomic mass is 10.2. The summed E-state index contributed by atoms with van der Waals surface area (Å²) in [5.41, 5.74) is -0.124. The van der Waals surface area contributed by atoms with E-state index in [1.807, 2.05) is 6.08 Å². The summed E-state index contributed by atoms with van der Waals surface area (Å²) < 4.78 is 26.7. The number of hydrogen-bond acceptors (Lipinski definition) is 3. The summed E-state index contributed by atoms with van der Waals surface area (Å²) >= 11 is 5.76. The number of carboxylic acids is 1. The number of aromatic carboxylic acids is 1. The lowest BCUT2D eigenvalue weighted by molar-refractivity contribution is 0.0697. The van der Waals surface area contributed by atoms with Gasteiger partial charge in [-0.15, -0.1) is 0 Å². The van der Waals surface area contributed by atoms with Crippen LogP contribution in [-0.4, -0.2) is 25.5 Å². The Morgan fingerprint density at radius 1 is 1.42 bits per heavy atom. The zero-order chi connectivity index (χ0) is 14.0. The van der Waals surface area contributed by atoms with Crippen LogP contribution < -0.4 is 4.72 Å². The number of rotatable bonds is 4. The molecule has 1 unspecified atom stereocenters. The lowest BCUT2D eigenvalue weighted by Gasteiger charge is -2.12. The van der Waals surface area contributed by atoms with E-state index in [-0.39, 0.29) is 21.5 Å². The Morgan fingerprint density at radius 2 is 2.16 bits per heavy atom. The third-order valence-corrected chi connectivity index (χ3v) is 4.60. The van der Waals surface area contributed by atoms with Gasteiger partial charge in [0.25, 0.3) is 0 Å². The Balaban J connectivity index is 2.28. The van der Waals surface area contributed by atoms with Gasteiger partial charge in [0.2, 0.25) is 10.0 Å². The Labute approximate surface area is 115 Å². The predicted molar refractivity (Wildman–Crippen MR) is 70.9 cm³/mol. The summed E-state index contributed by atoms with van der Waals surface area (Å²) in [5, 5.41) is 8.73. The molecule has 7 heteroatoms. The third kappa shape index (κ3) is 3.15. The quantitative estimate of drug-likeness (QED) is 0.834. The Kier molecular flexibility index (Phi) is 3.93. The normalized spacial score (nSPS) is 18.7. The topological polar surface area (TPSA) is 83.5 Å². The first-order valence-electron chi connectivity index (χ1n) is 5.62. The fourth-order valence-corrected chi connectivity index (χ4v) is 3.41. The number of hydrogen-bond donors (Lipinski definition) is 2. The number of benzene rings is 1. The molecule has 0 saturated heterocycles. The van der Waals surface area contributed by atoms with Gasteiger partial charge in [-0.2, -0.15) is 0 Å². The maximum atomic E-state index is 12.1. The molecule has 0 aliphatic heterocycles. The largest absolute Gasteiger partial charge is 0.478 e. The number of carboxylic acid groups (broad SMARTS) is 1. The summed E-state index contributed by atoms with van der Waals surface area (Å²) in [5.74, 6) is -1.19. The van der Waals surface area contributed by atoms with E-state index in [0.29, 0.717) is 0 Å². The van der Waals surface area contributed by atoms with Crippen molar-refractivity contribution >= 4 is 27.6 Å². The van der Waals surface area contributed by atoms with E-state index in [0.717, 1.165) is 18.9 Å². The van der Waals surface area contributed by atoms with Crippen molar-refractivity contribution in [2.75, 3.05) is 0 Å². The molecule has 19 heavy (non-hydrogen) atoms. The Bertz CT molecular complexity index is 639. The molecule has 0 radical (unpaired) electrons. The van der Waals surface area contributed by atoms with E-state index in [2.05, 4.69) is 4.72 Å². The number of nitrogens with one attached hydrogen (secondary N) is 1. The summed E-state index contributed by atoms with van der Waals surface area (Å²) in [7, 11) is -3.69. The first-order chi connectivity index (χ1) is 8.90. The molecule has 0 amide bonds. The molecular formula is C12H12ClNO4S. The van der Waals surface area contributed by atoms with Gasteiger partial charge in [0.1, 0.15) is 0 Å². The predicted octanol–water partition coefficient (Wildman–Crippen LogP) is 2.04. The highest BCUT2D eigenvalue weighted by atomic mass is 35.5. The van der Waals surface area contributed by atoms with Crippen LogP contribution in [0.1, 0.15) is 23.2 Å². The van der Waals surface area contributed by atoms with Crippen LogP contribution in [-0.2, 0) is 10.0 Å². The van der Waals surface area contributed by atoms with E-state index in [1.165, 1.54) is 12.1 Å². The third-order valence-electron chi connectivity index (χ3n) is 2.80. The van der Waals surface area contributed by atoms with Gasteiger partial charge >= 0.3 is 5.97 Å². The first kappa shape index (κ1) is 14.0. The SMILES string of the molecule is O=C(O)c1ccc(S(=O)(=O)NC2C=CCC2)cc1Cl. The highest BCUT2D eigenvalue weighted by molar-refractivity contribution is 7.89. The van der Waals surface area contributed by atoms with E-state index in [1.54, 1.807) is 6.08 Å². The minimum Gasteiger partial charge on any atom is -0.478 e. The minimum atomic E-state index is -3.69. The monoisotopic (exact) mass is 301 g/mol. The zero-order valence-electron chi connectivity index (χ0n) is 9.84.